The van der Waals surface area contributed by atoms with Gasteiger partial charge >= 0.3 is 0 Å². The van der Waals surface area contributed by atoms with Crippen LogP contribution in [0.25, 0.3) is 0 Å². The highest BCUT2D eigenvalue weighted by Gasteiger charge is 2.13. The zero-order valence-corrected chi connectivity index (χ0v) is 13.5. The molecule has 19 heavy (non-hydrogen) atoms. The highest BCUT2D eigenvalue weighted by Crippen LogP contribution is 1.97. The first-order chi connectivity index (χ1) is 8.86. The molecule has 0 heterocycles. The van der Waals surface area contributed by atoms with Crippen molar-refractivity contribution in [1.29, 1.82) is 0 Å². The molecule has 0 atom stereocenters. The van der Waals surface area contributed by atoms with Gasteiger partial charge in [-0.1, -0.05) is 19.1 Å². The van der Waals surface area contributed by atoms with Crippen LogP contribution in [0.3, 0.4) is 0 Å². The number of hydrogen-bond acceptors (Lipinski definition) is 4. The van der Waals surface area contributed by atoms with Gasteiger partial charge in [0, 0.05) is 20.0 Å². The van der Waals surface area contributed by atoms with Crippen molar-refractivity contribution in [2.24, 2.45) is 5.73 Å². The summed E-state index contributed by atoms with van der Waals surface area (Å²) in [4.78, 5) is 18.5. The number of amides is 1. The number of nitrogens with two attached hydrogens (primary N) is 1. The summed E-state index contributed by atoms with van der Waals surface area (Å²) in [5.74, 6) is 0.128. The van der Waals surface area contributed by atoms with Crippen LogP contribution in [-0.2, 0) is 4.79 Å². The molecule has 0 aliphatic rings. The SMILES string of the molecule is CCN(CCCN(C)C)CC(=O)N(C)CCC(N)=S. The Hall–Kier alpha value is -0.720. The van der Waals surface area contributed by atoms with E-state index in [2.05, 4.69) is 30.8 Å². The first-order valence-corrected chi connectivity index (χ1v) is 7.17. The van der Waals surface area contributed by atoms with Gasteiger partial charge in [0.05, 0.1) is 11.5 Å². The molecule has 0 aromatic rings. The van der Waals surface area contributed by atoms with E-state index in [0.717, 1.165) is 26.1 Å². The van der Waals surface area contributed by atoms with Gasteiger partial charge in [-0.15, -0.1) is 0 Å². The van der Waals surface area contributed by atoms with Crippen LogP contribution in [0.4, 0.5) is 0 Å². The number of carbonyl (C=O) groups excluding carboxylic acids is 1. The molecule has 112 valence electrons. The highest BCUT2D eigenvalue weighted by molar-refractivity contribution is 7.80. The average Bonchev–Trinajstić information content (AvgIpc) is 2.33. The summed E-state index contributed by atoms with van der Waals surface area (Å²) in [5, 5.41) is 0. The van der Waals surface area contributed by atoms with Crippen molar-refractivity contribution in [2.45, 2.75) is 19.8 Å². The quantitative estimate of drug-likeness (QED) is 0.590. The topological polar surface area (TPSA) is 52.8 Å². The number of thiocarbonyl (C=S) groups is 1. The maximum Gasteiger partial charge on any atom is 0.236 e. The Morgan fingerprint density at radius 2 is 1.79 bits per heavy atom. The van der Waals surface area contributed by atoms with Crippen LogP contribution < -0.4 is 5.73 Å². The smallest absolute Gasteiger partial charge is 0.236 e. The van der Waals surface area contributed by atoms with Crippen LogP contribution in [0.2, 0.25) is 0 Å². The van der Waals surface area contributed by atoms with Gasteiger partial charge < -0.3 is 15.5 Å². The third kappa shape index (κ3) is 9.81. The Morgan fingerprint density at radius 3 is 2.26 bits per heavy atom. The second-order valence-electron chi connectivity index (χ2n) is 5.06. The fraction of sp³-hybridized carbons (Fsp3) is 0.846. The monoisotopic (exact) mass is 288 g/mol. The van der Waals surface area contributed by atoms with E-state index in [4.69, 9.17) is 18.0 Å². The fourth-order valence-corrected chi connectivity index (χ4v) is 1.77. The lowest BCUT2D eigenvalue weighted by Crippen LogP contribution is -2.40. The minimum absolute atomic E-state index is 0.128. The molecule has 0 radical (unpaired) electrons. The highest BCUT2D eigenvalue weighted by atomic mass is 32.1. The van der Waals surface area contributed by atoms with Gasteiger partial charge in [0.15, 0.2) is 0 Å². The molecule has 0 fully saturated rings. The van der Waals surface area contributed by atoms with E-state index in [9.17, 15) is 4.79 Å². The maximum atomic E-state index is 12.0. The molecule has 0 aliphatic heterocycles. The van der Waals surface area contributed by atoms with E-state index in [1.165, 1.54) is 0 Å². The molecule has 0 bridgehead atoms. The van der Waals surface area contributed by atoms with E-state index in [1.54, 1.807) is 11.9 Å². The van der Waals surface area contributed by atoms with Crippen LogP contribution in [0, 0.1) is 0 Å². The summed E-state index contributed by atoms with van der Waals surface area (Å²) in [6, 6.07) is 0. The van der Waals surface area contributed by atoms with Crippen molar-refractivity contribution in [3.8, 4) is 0 Å². The van der Waals surface area contributed by atoms with Gasteiger partial charge in [-0.2, -0.15) is 0 Å². The number of carbonyl (C=O) groups is 1. The minimum Gasteiger partial charge on any atom is -0.393 e. The second-order valence-corrected chi connectivity index (χ2v) is 5.58. The van der Waals surface area contributed by atoms with Crippen molar-refractivity contribution in [2.75, 3.05) is 53.9 Å². The van der Waals surface area contributed by atoms with Gasteiger partial charge in [-0.25, -0.2) is 0 Å². The molecule has 0 saturated carbocycles. The molecule has 5 nitrogen and oxygen atoms in total. The van der Waals surface area contributed by atoms with Crippen LogP contribution in [0.1, 0.15) is 19.8 Å². The van der Waals surface area contributed by atoms with Gasteiger partial charge in [0.25, 0.3) is 0 Å². The lowest BCUT2D eigenvalue weighted by Gasteiger charge is -2.24. The van der Waals surface area contributed by atoms with E-state index >= 15 is 0 Å². The van der Waals surface area contributed by atoms with Crippen molar-refractivity contribution in [1.82, 2.24) is 14.7 Å². The Morgan fingerprint density at radius 1 is 1.16 bits per heavy atom. The first kappa shape index (κ1) is 18.3. The normalized spacial score (nSPS) is 11.1. The predicted molar refractivity (Wildman–Crippen MR) is 84.3 cm³/mol. The zero-order chi connectivity index (χ0) is 14.8. The summed E-state index contributed by atoms with van der Waals surface area (Å²) in [7, 11) is 5.92. The minimum atomic E-state index is 0.128. The van der Waals surface area contributed by atoms with E-state index < -0.39 is 0 Å². The van der Waals surface area contributed by atoms with E-state index in [1.807, 2.05) is 0 Å². The molecule has 0 saturated heterocycles. The number of likely N-dealkylation sites (N-methyl/N-ethyl adjacent to an activating group) is 2. The van der Waals surface area contributed by atoms with Crippen molar-refractivity contribution in [3.05, 3.63) is 0 Å². The van der Waals surface area contributed by atoms with E-state index in [0.29, 0.717) is 24.5 Å². The second kappa shape index (κ2) is 10.1. The predicted octanol–water partition coefficient (Wildman–Crippen LogP) is 0.395. The zero-order valence-electron chi connectivity index (χ0n) is 12.7. The van der Waals surface area contributed by atoms with Gasteiger partial charge in [0.1, 0.15) is 0 Å². The molecule has 0 aliphatic carbocycles. The summed E-state index contributed by atoms with van der Waals surface area (Å²) < 4.78 is 0. The maximum absolute atomic E-state index is 12.0. The molecular weight excluding hydrogens is 260 g/mol. The first-order valence-electron chi connectivity index (χ1n) is 6.76. The molecule has 1 amide bonds. The van der Waals surface area contributed by atoms with Crippen molar-refractivity contribution >= 4 is 23.1 Å². The van der Waals surface area contributed by atoms with Gasteiger partial charge in [-0.3, -0.25) is 9.69 Å². The molecule has 0 unspecified atom stereocenters. The Balaban J connectivity index is 4.00. The van der Waals surface area contributed by atoms with Gasteiger partial charge in [0.2, 0.25) is 5.91 Å². The van der Waals surface area contributed by atoms with Crippen LogP contribution in [0.5, 0.6) is 0 Å². The fourth-order valence-electron chi connectivity index (χ4n) is 1.67. The van der Waals surface area contributed by atoms with Crippen molar-refractivity contribution in [3.63, 3.8) is 0 Å². The molecule has 0 rings (SSSR count). The molecular formula is C13H28N4OS. The number of nitrogens with zero attached hydrogens (tertiary/aromatic N) is 3. The lowest BCUT2D eigenvalue weighted by atomic mass is 10.3. The van der Waals surface area contributed by atoms with Crippen LogP contribution in [-0.4, -0.2) is 79.5 Å². The number of rotatable bonds is 10. The summed E-state index contributed by atoms with van der Waals surface area (Å²) in [5.41, 5.74) is 5.44. The Kier molecular flexibility index (Phi) is 9.73. The summed E-state index contributed by atoms with van der Waals surface area (Å²) >= 11 is 4.82. The van der Waals surface area contributed by atoms with Crippen LogP contribution >= 0.6 is 12.2 Å². The summed E-state index contributed by atoms with van der Waals surface area (Å²) in [6.07, 6.45) is 1.66. The summed E-state index contributed by atoms with van der Waals surface area (Å²) in [6.45, 7) is 6.03. The molecule has 2 N–H and O–H groups in total. The average molecular weight is 288 g/mol. The largest absolute Gasteiger partial charge is 0.393 e. The molecule has 6 heteroatoms. The third-order valence-corrected chi connectivity index (χ3v) is 3.21. The van der Waals surface area contributed by atoms with Crippen LogP contribution in [0.15, 0.2) is 0 Å². The van der Waals surface area contributed by atoms with Crippen molar-refractivity contribution < 1.29 is 4.79 Å². The molecule has 0 spiro atoms. The standard InChI is InChI=1S/C13H28N4OS/c1-5-17(9-6-8-15(2)3)11-13(18)16(4)10-7-12(14)19/h5-11H2,1-4H3,(H2,14,19). The Labute approximate surface area is 122 Å². The Bertz CT molecular complexity index is 284. The molecule has 0 aromatic heterocycles. The third-order valence-electron chi connectivity index (χ3n) is 3.01. The van der Waals surface area contributed by atoms with E-state index in [-0.39, 0.29) is 5.91 Å². The molecule has 0 aromatic carbocycles. The number of hydrogen-bond donors (Lipinski definition) is 1. The lowest BCUT2D eigenvalue weighted by molar-refractivity contribution is -0.131. The van der Waals surface area contributed by atoms with Gasteiger partial charge in [-0.05, 0) is 40.2 Å².